The van der Waals surface area contributed by atoms with E-state index < -0.39 is 0 Å². The molecule has 3 nitrogen and oxygen atoms in total. The Balaban J connectivity index is 1.75. The van der Waals surface area contributed by atoms with Crippen LogP contribution in [0.2, 0.25) is 0 Å². The second-order valence-electron chi connectivity index (χ2n) is 6.05. The van der Waals surface area contributed by atoms with Gasteiger partial charge in [0.15, 0.2) is 0 Å². The molecule has 0 amide bonds. The van der Waals surface area contributed by atoms with E-state index >= 15 is 0 Å². The summed E-state index contributed by atoms with van der Waals surface area (Å²) in [4.78, 5) is 9.29. The maximum atomic E-state index is 9.51. The second-order valence-corrected chi connectivity index (χ2v) is 7.14. The topological polar surface area (TPSA) is 51.9 Å². The van der Waals surface area contributed by atoms with E-state index in [4.69, 9.17) is 0 Å². The maximum Gasteiger partial charge on any atom is 0.134 e. The Morgan fingerprint density at radius 3 is 3.04 bits per heavy atom. The van der Waals surface area contributed by atoms with Gasteiger partial charge in [-0.15, -0.1) is 11.3 Å². The van der Waals surface area contributed by atoms with Gasteiger partial charge in [0.05, 0.1) is 5.56 Å². The van der Waals surface area contributed by atoms with Crippen molar-refractivity contribution in [3.8, 4) is 6.07 Å². The van der Waals surface area contributed by atoms with Crippen LogP contribution in [0.25, 0.3) is 10.9 Å². The number of nitriles is 1. The van der Waals surface area contributed by atoms with Crippen molar-refractivity contribution in [2.45, 2.75) is 32.6 Å². The third-order valence-corrected chi connectivity index (χ3v) is 5.65. The van der Waals surface area contributed by atoms with Crippen LogP contribution in [0.1, 0.15) is 40.0 Å². The minimum atomic E-state index is 0.789. The van der Waals surface area contributed by atoms with Crippen LogP contribution in [0.4, 0.5) is 5.00 Å². The smallest absolute Gasteiger partial charge is 0.134 e. The SMILES string of the molecule is Cc1ccc2[nH]cc(C=Nc3sc4c(c3C#N)CCCC4)c2c1. The number of hydrogen-bond donors (Lipinski definition) is 1. The number of rotatable bonds is 2. The number of aromatic amines is 1. The molecule has 0 radical (unpaired) electrons. The summed E-state index contributed by atoms with van der Waals surface area (Å²) in [5, 5.41) is 11.5. The Labute approximate surface area is 139 Å². The molecule has 1 aliphatic rings. The van der Waals surface area contributed by atoms with Gasteiger partial charge in [0.2, 0.25) is 0 Å². The molecule has 0 saturated heterocycles. The molecule has 0 saturated carbocycles. The highest BCUT2D eigenvalue weighted by Crippen LogP contribution is 2.39. The van der Waals surface area contributed by atoms with Crippen LogP contribution in [0.3, 0.4) is 0 Å². The molecule has 0 unspecified atom stereocenters. The van der Waals surface area contributed by atoms with E-state index in [1.54, 1.807) is 11.3 Å². The van der Waals surface area contributed by atoms with Gasteiger partial charge in [-0.25, -0.2) is 4.99 Å². The zero-order chi connectivity index (χ0) is 15.8. The van der Waals surface area contributed by atoms with E-state index in [1.165, 1.54) is 34.2 Å². The largest absolute Gasteiger partial charge is 0.361 e. The summed E-state index contributed by atoms with van der Waals surface area (Å²) < 4.78 is 0. The normalized spacial score (nSPS) is 14.3. The summed E-state index contributed by atoms with van der Waals surface area (Å²) in [6.45, 7) is 2.09. The highest BCUT2D eigenvalue weighted by Gasteiger charge is 2.20. The van der Waals surface area contributed by atoms with Crippen molar-refractivity contribution in [1.82, 2.24) is 4.98 Å². The predicted molar refractivity (Wildman–Crippen MR) is 96.0 cm³/mol. The van der Waals surface area contributed by atoms with Crippen molar-refractivity contribution < 1.29 is 0 Å². The zero-order valence-corrected chi connectivity index (χ0v) is 13.8. The minimum absolute atomic E-state index is 0.789. The van der Waals surface area contributed by atoms with E-state index in [0.29, 0.717) is 0 Å². The van der Waals surface area contributed by atoms with Crippen LogP contribution in [0.5, 0.6) is 0 Å². The summed E-state index contributed by atoms with van der Waals surface area (Å²) >= 11 is 1.69. The number of aromatic nitrogens is 1. The minimum Gasteiger partial charge on any atom is -0.361 e. The predicted octanol–water partition coefficient (Wildman–Crippen LogP) is 5.04. The van der Waals surface area contributed by atoms with Crippen LogP contribution in [0.15, 0.2) is 29.4 Å². The first-order valence-corrected chi connectivity index (χ1v) is 8.74. The summed E-state index contributed by atoms with van der Waals surface area (Å²) in [5.41, 5.74) is 5.45. The lowest BCUT2D eigenvalue weighted by Gasteiger charge is -2.09. The van der Waals surface area contributed by atoms with Gasteiger partial charge in [-0.3, -0.25) is 0 Å². The van der Waals surface area contributed by atoms with Crippen LogP contribution in [-0.2, 0) is 12.8 Å². The lowest BCUT2D eigenvalue weighted by molar-refractivity contribution is 0.696. The molecule has 0 atom stereocenters. The Kier molecular flexibility index (Phi) is 3.51. The van der Waals surface area contributed by atoms with Gasteiger partial charge in [0, 0.05) is 33.8 Å². The van der Waals surface area contributed by atoms with E-state index in [-0.39, 0.29) is 0 Å². The van der Waals surface area contributed by atoms with Crippen molar-refractivity contribution >= 4 is 33.5 Å². The Morgan fingerprint density at radius 1 is 1.30 bits per heavy atom. The third-order valence-electron chi connectivity index (χ3n) is 4.45. The molecule has 0 spiro atoms. The first kappa shape index (κ1) is 14.2. The van der Waals surface area contributed by atoms with E-state index in [9.17, 15) is 5.26 Å². The standard InChI is InChI=1S/C19H17N3S/c1-12-6-7-17-15(8-12)13(10-21-17)11-22-19-16(9-20)14-4-2-3-5-18(14)23-19/h6-8,10-11,21H,2-5H2,1H3. The molecule has 4 heteroatoms. The number of benzene rings is 1. The molecule has 23 heavy (non-hydrogen) atoms. The van der Waals surface area contributed by atoms with Crippen molar-refractivity contribution in [3.63, 3.8) is 0 Å². The number of aliphatic imine (C=N–C) groups is 1. The van der Waals surface area contributed by atoms with Crippen molar-refractivity contribution in [3.05, 3.63) is 51.5 Å². The Morgan fingerprint density at radius 2 is 2.17 bits per heavy atom. The molecule has 0 bridgehead atoms. The number of H-pyrrole nitrogens is 1. The quantitative estimate of drug-likeness (QED) is 0.661. The summed E-state index contributed by atoms with van der Waals surface area (Å²) in [6, 6.07) is 8.72. The van der Waals surface area contributed by atoms with Gasteiger partial charge >= 0.3 is 0 Å². The van der Waals surface area contributed by atoms with Gasteiger partial charge in [-0.2, -0.15) is 5.26 Å². The van der Waals surface area contributed by atoms with Gasteiger partial charge < -0.3 is 4.98 Å². The van der Waals surface area contributed by atoms with Gasteiger partial charge in [0.25, 0.3) is 0 Å². The third kappa shape index (κ3) is 2.47. The van der Waals surface area contributed by atoms with Crippen molar-refractivity contribution in [2.75, 3.05) is 0 Å². The number of hydrogen-bond acceptors (Lipinski definition) is 3. The highest BCUT2D eigenvalue weighted by atomic mass is 32.1. The molecule has 2 heterocycles. The monoisotopic (exact) mass is 319 g/mol. The fourth-order valence-corrected chi connectivity index (χ4v) is 4.43. The van der Waals surface area contributed by atoms with Crippen LogP contribution in [-0.4, -0.2) is 11.2 Å². The fraction of sp³-hybridized carbons (Fsp3) is 0.263. The first-order chi connectivity index (χ1) is 11.3. The summed E-state index contributed by atoms with van der Waals surface area (Å²) in [6.07, 6.45) is 8.39. The molecule has 0 fully saturated rings. The van der Waals surface area contributed by atoms with E-state index in [2.05, 4.69) is 41.2 Å². The number of thiophene rings is 1. The second kappa shape index (κ2) is 5.68. The molecule has 1 N–H and O–H groups in total. The molecule has 4 rings (SSSR count). The average molecular weight is 319 g/mol. The average Bonchev–Trinajstić information content (AvgIpc) is 3.12. The van der Waals surface area contributed by atoms with Crippen molar-refractivity contribution in [2.24, 2.45) is 4.99 Å². The first-order valence-electron chi connectivity index (χ1n) is 7.92. The maximum absolute atomic E-state index is 9.51. The fourth-order valence-electron chi connectivity index (χ4n) is 3.25. The number of fused-ring (bicyclic) bond motifs is 2. The van der Waals surface area contributed by atoms with Crippen LogP contribution >= 0.6 is 11.3 Å². The van der Waals surface area contributed by atoms with E-state index in [0.717, 1.165) is 34.5 Å². The summed E-state index contributed by atoms with van der Waals surface area (Å²) in [7, 11) is 0. The molecule has 114 valence electrons. The molecule has 3 aromatic rings. The van der Waals surface area contributed by atoms with Gasteiger partial charge in [-0.1, -0.05) is 11.6 Å². The Hall–Kier alpha value is -2.38. The number of nitrogens with one attached hydrogen (secondary N) is 1. The lowest BCUT2D eigenvalue weighted by Crippen LogP contribution is -1.99. The van der Waals surface area contributed by atoms with Crippen LogP contribution < -0.4 is 0 Å². The molecular weight excluding hydrogens is 302 g/mol. The molecular formula is C19H17N3S. The molecule has 0 aliphatic heterocycles. The van der Waals surface area contributed by atoms with Crippen LogP contribution in [0, 0.1) is 18.3 Å². The lowest BCUT2D eigenvalue weighted by atomic mass is 9.96. The zero-order valence-electron chi connectivity index (χ0n) is 13.0. The van der Waals surface area contributed by atoms with Gasteiger partial charge in [0.1, 0.15) is 11.1 Å². The van der Waals surface area contributed by atoms with E-state index in [1.807, 2.05) is 12.4 Å². The number of nitrogens with zero attached hydrogens (tertiary/aromatic N) is 2. The Bertz CT molecular complexity index is 953. The molecule has 2 aromatic heterocycles. The number of aryl methyl sites for hydroxylation is 2. The molecule has 1 aromatic carbocycles. The van der Waals surface area contributed by atoms with Crippen molar-refractivity contribution in [1.29, 1.82) is 5.26 Å². The van der Waals surface area contributed by atoms with Gasteiger partial charge in [-0.05, 0) is 50.3 Å². The summed E-state index contributed by atoms with van der Waals surface area (Å²) in [5.74, 6) is 0. The highest BCUT2D eigenvalue weighted by molar-refractivity contribution is 7.16. The molecule has 1 aliphatic carbocycles.